The lowest BCUT2D eigenvalue weighted by Crippen LogP contribution is -2.55. The van der Waals surface area contributed by atoms with Gasteiger partial charge < -0.3 is 31.9 Å². The van der Waals surface area contributed by atoms with Gasteiger partial charge in [-0.15, -0.1) is 0 Å². The van der Waals surface area contributed by atoms with Crippen LogP contribution < -0.4 is 21.7 Å². The predicted molar refractivity (Wildman–Crippen MR) is 97.5 cm³/mol. The third-order valence-corrected chi connectivity index (χ3v) is 3.77. The number of rotatable bonds is 11. The molecule has 0 heterocycles. The highest BCUT2D eigenvalue weighted by molar-refractivity contribution is 7.80. The van der Waals surface area contributed by atoms with Crippen LogP contribution in [0.5, 0.6) is 0 Å². The highest BCUT2D eigenvalue weighted by atomic mass is 32.1. The first-order valence-electron chi connectivity index (χ1n) is 8.14. The Morgan fingerprint density at radius 3 is 2.04 bits per heavy atom. The minimum Gasteiger partial charge on any atom is -0.480 e. The van der Waals surface area contributed by atoms with E-state index in [1.165, 1.54) is 6.92 Å². The van der Waals surface area contributed by atoms with Crippen LogP contribution in [0.2, 0.25) is 0 Å². The summed E-state index contributed by atoms with van der Waals surface area (Å²) in [6.45, 7) is 4.58. The maximum absolute atomic E-state index is 12.3. The zero-order chi connectivity index (χ0) is 20.4. The van der Waals surface area contributed by atoms with Crippen molar-refractivity contribution in [2.75, 3.05) is 12.3 Å². The SMILES string of the molecule is CC(C)CC(NC(=O)CNC(=O)C(N)C(C)O)C(=O)NC(CS)C(=O)O. The summed E-state index contributed by atoms with van der Waals surface area (Å²) in [7, 11) is 0. The van der Waals surface area contributed by atoms with E-state index in [2.05, 4.69) is 28.6 Å². The molecule has 0 aliphatic carbocycles. The van der Waals surface area contributed by atoms with E-state index in [9.17, 15) is 24.3 Å². The average Bonchev–Trinajstić information content (AvgIpc) is 2.54. The first-order chi connectivity index (χ1) is 12.0. The largest absolute Gasteiger partial charge is 0.480 e. The van der Waals surface area contributed by atoms with Gasteiger partial charge in [-0.25, -0.2) is 4.79 Å². The molecule has 4 atom stereocenters. The highest BCUT2D eigenvalue weighted by Crippen LogP contribution is 2.06. The van der Waals surface area contributed by atoms with Gasteiger partial charge in [0.25, 0.3) is 0 Å². The average molecular weight is 392 g/mol. The molecule has 0 aliphatic rings. The molecule has 26 heavy (non-hydrogen) atoms. The number of carboxylic acids is 1. The number of aliphatic hydroxyl groups excluding tert-OH is 1. The van der Waals surface area contributed by atoms with Crippen LogP contribution in [0.4, 0.5) is 0 Å². The first-order valence-corrected chi connectivity index (χ1v) is 8.77. The number of hydrogen-bond donors (Lipinski definition) is 7. The lowest BCUT2D eigenvalue weighted by atomic mass is 10.0. The number of carboxylic acid groups (broad SMARTS) is 1. The fourth-order valence-corrected chi connectivity index (χ4v) is 2.16. The van der Waals surface area contributed by atoms with Crippen molar-refractivity contribution in [2.45, 2.75) is 51.4 Å². The third kappa shape index (κ3) is 9.02. The summed E-state index contributed by atoms with van der Waals surface area (Å²) in [6.07, 6.45) is -0.802. The number of thiol groups is 1. The molecule has 0 aromatic carbocycles. The van der Waals surface area contributed by atoms with Crippen LogP contribution in [0, 0.1) is 5.92 Å². The van der Waals surface area contributed by atoms with E-state index in [1.807, 2.05) is 13.8 Å². The summed E-state index contributed by atoms with van der Waals surface area (Å²) in [5.74, 6) is -3.29. The van der Waals surface area contributed by atoms with E-state index >= 15 is 0 Å². The van der Waals surface area contributed by atoms with Crippen LogP contribution in [0.3, 0.4) is 0 Å². The summed E-state index contributed by atoms with van der Waals surface area (Å²) in [5, 5.41) is 25.2. The van der Waals surface area contributed by atoms with Crippen molar-refractivity contribution in [2.24, 2.45) is 11.7 Å². The zero-order valence-corrected chi connectivity index (χ0v) is 16.0. The minimum absolute atomic E-state index is 0.0450. The van der Waals surface area contributed by atoms with Crippen LogP contribution in [-0.2, 0) is 19.2 Å². The Morgan fingerprint density at radius 1 is 1.04 bits per heavy atom. The molecule has 0 spiro atoms. The summed E-state index contributed by atoms with van der Waals surface area (Å²) >= 11 is 3.87. The molecule has 0 rings (SSSR count). The van der Waals surface area contributed by atoms with Crippen molar-refractivity contribution in [3.8, 4) is 0 Å². The summed E-state index contributed by atoms with van der Waals surface area (Å²) in [6, 6.07) is -3.32. The van der Waals surface area contributed by atoms with Gasteiger partial charge in [-0.05, 0) is 19.3 Å². The van der Waals surface area contributed by atoms with Gasteiger partial charge in [0.15, 0.2) is 0 Å². The van der Waals surface area contributed by atoms with Crippen LogP contribution >= 0.6 is 12.6 Å². The molecule has 4 unspecified atom stereocenters. The lowest BCUT2D eigenvalue weighted by Gasteiger charge is -2.22. The van der Waals surface area contributed by atoms with Crippen molar-refractivity contribution < 1.29 is 29.4 Å². The summed E-state index contributed by atoms with van der Waals surface area (Å²) in [4.78, 5) is 46.9. The van der Waals surface area contributed by atoms with Crippen molar-refractivity contribution in [3.05, 3.63) is 0 Å². The molecule has 0 aliphatic heterocycles. The third-order valence-electron chi connectivity index (χ3n) is 3.40. The molecule has 11 heteroatoms. The molecule has 0 bridgehead atoms. The maximum atomic E-state index is 12.3. The standard InChI is InChI=1S/C15H28N4O6S/c1-7(2)4-9(13(22)19-10(6-26)15(24)25)18-11(21)5-17-14(23)12(16)8(3)20/h7-10,12,20,26H,4-6,16H2,1-3H3,(H,17,23)(H,18,21)(H,19,22)(H,24,25). The number of nitrogens with two attached hydrogens (primary N) is 1. The normalized spacial score (nSPS) is 15.5. The molecule has 7 N–H and O–H groups in total. The van der Waals surface area contributed by atoms with Crippen LogP contribution in [0.25, 0.3) is 0 Å². The predicted octanol–water partition coefficient (Wildman–Crippen LogP) is -2.16. The van der Waals surface area contributed by atoms with Gasteiger partial charge in [0.05, 0.1) is 12.6 Å². The van der Waals surface area contributed by atoms with Gasteiger partial charge >= 0.3 is 5.97 Å². The van der Waals surface area contributed by atoms with E-state index in [0.29, 0.717) is 0 Å². The number of nitrogens with one attached hydrogen (secondary N) is 3. The molecular formula is C15H28N4O6S. The smallest absolute Gasteiger partial charge is 0.327 e. The minimum atomic E-state index is -1.23. The molecule has 0 saturated heterocycles. The highest BCUT2D eigenvalue weighted by Gasteiger charge is 2.27. The fourth-order valence-electron chi connectivity index (χ4n) is 1.91. The van der Waals surface area contributed by atoms with Gasteiger partial charge in [0.2, 0.25) is 17.7 Å². The van der Waals surface area contributed by atoms with E-state index in [4.69, 9.17) is 10.8 Å². The lowest BCUT2D eigenvalue weighted by molar-refractivity contribution is -0.141. The molecule has 0 radical (unpaired) electrons. The first kappa shape index (κ1) is 24.1. The van der Waals surface area contributed by atoms with Crippen LogP contribution in [0.15, 0.2) is 0 Å². The van der Waals surface area contributed by atoms with E-state index in [-0.39, 0.29) is 18.1 Å². The topological polar surface area (TPSA) is 171 Å². The Bertz CT molecular complexity index is 514. The molecule has 10 nitrogen and oxygen atoms in total. The fraction of sp³-hybridized carbons (Fsp3) is 0.733. The van der Waals surface area contributed by atoms with E-state index in [0.717, 1.165) is 0 Å². The Balaban J connectivity index is 4.79. The Hall–Kier alpha value is -1.85. The number of hydrogen-bond acceptors (Lipinski definition) is 7. The molecule has 0 aromatic heterocycles. The number of aliphatic carboxylic acids is 1. The Morgan fingerprint density at radius 2 is 1.62 bits per heavy atom. The summed E-state index contributed by atoms with van der Waals surface area (Å²) in [5.41, 5.74) is 5.44. The second-order valence-electron chi connectivity index (χ2n) is 6.32. The van der Waals surface area contributed by atoms with Crippen molar-refractivity contribution in [1.82, 2.24) is 16.0 Å². The van der Waals surface area contributed by atoms with E-state index < -0.39 is 54.5 Å². The summed E-state index contributed by atoms with van der Waals surface area (Å²) < 4.78 is 0. The number of aliphatic hydroxyl groups is 1. The van der Waals surface area contributed by atoms with Gasteiger partial charge in [-0.3, -0.25) is 14.4 Å². The van der Waals surface area contributed by atoms with Crippen molar-refractivity contribution in [1.29, 1.82) is 0 Å². The second-order valence-corrected chi connectivity index (χ2v) is 6.68. The quantitative estimate of drug-likeness (QED) is 0.196. The van der Waals surface area contributed by atoms with Gasteiger partial charge in [-0.1, -0.05) is 13.8 Å². The second kappa shape index (κ2) is 11.7. The van der Waals surface area contributed by atoms with Crippen LogP contribution in [-0.4, -0.2) is 70.4 Å². The Labute approximate surface area is 157 Å². The number of carbonyl (C=O) groups is 4. The monoisotopic (exact) mass is 392 g/mol. The van der Waals surface area contributed by atoms with Crippen molar-refractivity contribution >= 4 is 36.3 Å². The number of carbonyl (C=O) groups excluding carboxylic acids is 3. The van der Waals surface area contributed by atoms with Gasteiger partial charge in [0, 0.05) is 5.75 Å². The molecule has 150 valence electrons. The Kier molecular flexibility index (Phi) is 10.9. The molecule has 0 aromatic rings. The maximum Gasteiger partial charge on any atom is 0.327 e. The van der Waals surface area contributed by atoms with Crippen LogP contribution in [0.1, 0.15) is 27.2 Å². The van der Waals surface area contributed by atoms with Crippen molar-refractivity contribution in [3.63, 3.8) is 0 Å². The molecular weight excluding hydrogens is 364 g/mol. The molecule has 0 fully saturated rings. The van der Waals surface area contributed by atoms with E-state index in [1.54, 1.807) is 0 Å². The van der Waals surface area contributed by atoms with Gasteiger partial charge in [-0.2, -0.15) is 12.6 Å². The molecule has 3 amide bonds. The van der Waals surface area contributed by atoms with Gasteiger partial charge in [0.1, 0.15) is 18.1 Å². The number of amides is 3. The zero-order valence-electron chi connectivity index (χ0n) is 15.1. The molecule has 0 saturated carbocycles.